The SMILES string of the molecule is CCc1nc2cc(NC3CCSC3)ccc2o1. The highest BCUT2D eigenvalue weighted by Gasteiger charge is 2.15. The number of hydrogen-bond donors (Lipinski definition) is 1. The molecule has 0 saturated carbocycles. The lowest BCUT2D eigenvalue weighted by atomic mass is 10.2. The molecule has 1 aliphatic rings. The Morgan fingerprint density at radius 1 is 1.53 bits per heavy atom. The lowest BCUT2D eigenvalue weighted by Crippen LogP contribution is -2.17. The molecule has 1 aliphatic heterocycles. The molecule has 1 saturated heterocycles. The molecule has 0 spiro atoms. The number of anilines is 1. The fourth-order valence-corrected chi connectivity index (χ4v) is 3.25. The summed E-state index contributed by atoms with van der Waals surface area (Å²) in [6, 6.07) is 6.78. The fourth-order valence-electron chi connectivity index (χ4n) is 2.10. The van der Waals surface area contributed by atoms with Crippen LogP contribution in [0.25, 0.3) is 11.1 Å². The molecule has 1 aromatic carbocycles. The van der Waals surface area contributed by atoms with Crippen LogP contribution in [0.15, 0.2) is 22.6 Å². The van der Waals surface area contributed by atoms with E-state index in [1.54, 1.807) is 0 Å². The van der Waals surface area contributed by atoms with Gasteiger partial charge in [-0.05, 0) is 30.4 Å². The number of benzene rings is 1. The molecule has 0 amide bonds. The Kier molecular flexibility index (Phi) is 2.97. The van der Waals surface area contributed by atoms with E-state index < -0.39 is 0 Å². The molecule has 2 aromatic rings. The highest BCUT2D eigenvalue weighted by Crippen LogP contribution is 2.24. The first kappa shape index (κ1) is 11.0. The van der Waals surface area contributed by atoms with E-state index in [9.17, 15) is 0 Å². The average molecular weight is 248 g/mol. The van der Waals surface area contributed by atoms with Crippen LogP contribution < -0.4 is 5.32 Å². The molecule has 4 heteroatoms. The Labute approximate surface area is 105 Å². The maximum absolute atomic E-state index is 5.60. The number of nitrogens with zero attached hydrogens (tertiary/aromatic N) is 1. The molecule has 1 unspecified atom stereocenters. The second-order valence-electron chi connectivity index (χ2n) is 4.35. The number of hydrogen-bond acceptors (Lipinski definition) is 4. The number of rotatable bonds is 3. The van der Waals surface area contributed by atoms with Gasteiger partial charge < -0.3 is 9.73 Å². The molecule has 1 atom stereocenters. The number of aryl methyl sites for hydroxylation is 1. The van der Waals surface area contributed by atoms with Gasteiger partial charge in [0.15, 0.2) is 11.5 Å². The minimum atomic E-state index is 0.606. The van der Waals surface area contributed by atoms with Crippen LogP contribution in [0.2, 0.25) is 0 Å². The molecule has 0 radical (unpaired) electrons. The molecule has 0 bridgehead atoms. The molecule has 1 fully saturated rings. The van der Waals surface area contributed by atoms with Gasteiger partial charge in [-0.3, -0.25) is 0 Å². The zero-order chi connectivity index (χ0) is 11.7. The van der Waals surface area contributed by atoms with E-state index in [0.717, 1.165) is 29.1 Å². The Morgan fingerprint density at radius 3 is 3.24 bits per heavy atom. The topological polar surface area (TPSA) is 38.1 Å². The summed E-state index contributed by atoms with van der Waals surface area (Å²) in [5, 5.41) is 3.56. The summed E-state index contributed by atoms with van der Waals surface area (Å²) in [5.74, 6) is 3.29. The lowest BCUT2D eigenvalue weighted by molar-refractivity contribution is 0.538. The number of aromatic nitrogens is 1. The zero-order valence-corrected chi connectivity index (χ0v) is 10.7. The van der Waals surface area contributed by atoms with Gasteiger partial charge in [0.2, 0.25) is 0 Å². The first-order valence-electron chi connectivity index (χ1n) is 6.09. The predicted molar refractivity (Wildman–Crippen MR) is 72.7 cm³/mol. The molecule has 3 nitrogen and oxygen atoms in total. The van der Waals surface area contributed by atoms with Gasteiger partial charge in [-0.2, -0.15) is 11.8 Å². The van der Waals surface area contributed by atoms with Gasteiger partial charge in [0.25, 0.3) is 0 Å². The molecule has 90 valence electrons. The highest BCUT2D eigenvalue weighted by atomic mass is 32.2. The third kappa shape index (κ3) is 2.27. The second-order valence-corrected chi connectivity index (χ2v) is 5.50. The van der Waals surface area contributed by atoms with E-state index in [-0.39, 0.29) is 0 Å². The zero-order valence-electron chi connectivity index (χ0n) is 9.90. The Hall–Kier alpha value is -1.16. The van der Waals surface area contributed by atoms with E-state index in [4.69, 9.17) is 4.42 Å². The smallest absolute Gasteiger partial charge is 0.195 e. The van der Waals surface area contributed by atoms with Gasteiger partial charge in [0.1, 0.15) is 5.52 Å². The summed E-state index contributed by atoms with van der Waals surface area (Å²) < 4.78 is 5.60. The van der Waals surface area contributed by atoms with Crippen LogP contribution in [0.5, 0.6) is 0 Å². The van der Waals surface area contributed by atoms with Crippen LogP contribution in [-0.4, -0.2) is 22.5 Å². The van der Waals surface area contributed by atoms with E-state index in [2.05, 4.69) is 29.4 Å². The number of oxazole rings is 1. The average Bonchev–Trinajstić information content (AvgIpc) is 2.96. The fraction of sp³-hybridized carbons (Fsp3) is 0.462. The van der Waals surface area contributed by atoms with Crippen molar-refractivity contribution in [2.24, 2.45) is 0 Å². The van der Waals surface area contributed by atoms with Crippen molar-refractivity contribution in [1.82, 2.24) is 4.98 Å². The van der Waals surface area contributed by atoms with Gasteiger partial charge in [0, 0.05) is 23.9 Å². The molecule has 1 aromatic heterocycles. The molecular weight excluding hydrogens is 232 g/mol. The van der Waals surface area contributed by atoms with Crippen molar-refractivity contribution in [3.63, 3.8) is 0 Å². The largest absolute Gasteiger partial charge is 0.441 e. The maximum Gasteiger partial charge on any atom is 0.195 e. The first-order chi connectivity index (χ1) is 8.35. The number of thioether (sulfide) groups is 1. The molecular formula is C13H16N2OS. The van der Waals surface area contributed by atoms with Gasteiger partial charge in [-0.15, -0.1) is 0 Å². The van der Waals surface area contributed by atoms with Crippen LogP contribution in [0, 0.1) is 0 Å². The van der Waals surface area contributed by atoms with Crippen LogP contribution in [0.3, 0.4) is 0 Å². The summed E-state index contributed by atoms with van der Waals surface area (Å²) in [6.07, 6.45) is 2.10. The minimum Gasteiger partial charge on any atom is -0.441 e. The van der Waals surface area contributed by atoms with Crippen LogP contribution >= 0.6 is 11.8 Å². The van der Waals surface area contributed by atoms with Crippen LogP contribution in [-0.2, 0) is 6.42 Å². The highest BCUT2D eigenvalue weighted by molar-refractivity contribution is 7.99. The predicted octanol–water partition coefficient (Wildman–Crippen LogP) is 3.31. The molecule has 17 heavy (non-hydrogen) atoms. The maximum atomic E-state index is 5.60. The van der Waals surface area contributed by atoms with E-state index in [0.29, 0.717) is 6.04 Å². The van der Waals surface area contributed by atoms with Gasteiger partial charge in [0.05, 0.1) is 0 Å². The van der Waals surface area contributed by atoms with Crippen LogP contribution in [0.1, 0.15) is 19.2 Å². The third-order valence-corrected chi connectivity index (χ3v) is 4.20. The third-order valence-electron chi connectivity index (χ3n) is 3.03. The Bertz CT molecular complexity index is 517. The van der Waals surface area contributed by atoms with Crippen molar-refractivity contribution >= 4 is 28.5 Å². The summed E-state index contributed by atoms with van der Waals surface area (Å²) in [4.78, 5) is 4.45. The van der Waals surface area contributed by atoms with Gasteiger partial charge >= 0.3 is 0 Å². The lowest BCUT2D eigenvalue weighted by Gasteiger charge is -2.12. The van der Waals surface area contributed by atoms with Crippen LogP contribution in [0.4, 0.5) is 5.69 Å². The summed E-state index contributed by atoms with van der Waals surface area (Å²) in [7, 11) is 0. The number of nitrogens with one attached hydrogen (secondary N) is 1. The molecule has 0 aliphatic carbocycles. The summed E-state index contributed by atoms with van der Waals surface area (Å²) in [5.41, 5.74) is 2.99. The standard InChI is InChI=1S/C13H16N2OS/c1-2-13-15-11-7-9(3-4-12(11)16-13)14-10-5-6-17-8-10/h3-4,7,10,14H,2,5-6,8H2,1H3. The van der Waals surface area contributed by atoms with Crippen molar-refractivity contribution in [3.8, 4) is 0 Å². The van der Waals surface area contributed by atoms with Crippen molar-refractivity contribution in [1.29, 1.82) is 0 Å². The normalized spacial score (nSPS) is 19.9. The Morgan fingerprint density at radius 2 is 2.47 bits per heavy atom. The quantitative estimate of drug-likeness (QED) is 0.904. The van der Waals surface area contributed by atoms with Gasteiger partial charge in [-0.1, -0.05) is 6.92 Å². The molecule has 2 heterocycles. The van der Waals surface area contributed by atoms with E-state index in [1.807, 2.05) is 17.8 Å². The monoisotopic (exact) mass is 248 g/mol. The van der Waals surface area contributed by atoms with Crippen molar-refractivity contribution < 1.29 is 4.42 Å². The van der Waals surface area contributed by atoms with Crippen molar-refractivity contribution in [2.75, 3.05) is 16.8 Å². The van der Waals surface area contributed by atoms with Crippen molar-refractivity contribution in [2.45, 2.75) is 25.8 Å². The first-order valence-corrected chi connectivity index (χ1v) is 7.24. The minimum absolute atomic E-state index is 0.606. The van der Waals surface area contributed by atoms with E-state index in [1.165, 1.54) is 17.9 Å². The number of fused-ring (bicyclic) bond motifs is 1. The molecule has 1 N–H and O–H groups in total. The molecule has 3 rings (SSSR count). The second kappa shape index (κ2) is 4.61. The Balaban J connectivity index is 1.84. The summed E-state index contributed by atoms with van der Waals surface area (Å²) in [6.45, 7) is 2.06. The van der Waals surface area contributed by atoms with Crippen molar-refractivity contribution in [3.05, 3.63) is 24.1 Å². The van der Waals surface area contributed by atoms with Gasteiger partial charge in [-0.25, -0.2) is 4.98 Å². The summed E-state index contributed by atoms with van der Waals surface area (Å²) >= 11 is 2.02. The van der Waals surface area contributed by atoms with E-state index >= 15 is 0 Å².